The summed E-state index contributed by atoms with van der Waals surface area (Å²) in [6.45, 7) is 0. The summed E-state index contributed by atoms with van der Waals surface area (Å²) < 4.78 is 108. The summed E-state index contributed by atoms with van der Waals surface area (Å²) in [6, 6.07) is 17.3. The van der Waals surface area contributed by atoms with E-state index in [9.17, 15) is 40.4 Å². The first kappa shape index (κ1) is 29.1. The second-order valence-corrected chi connectivity index (χ2v) is 10.9. The molecule has 0 amide bonds. The molecule has 0 saturated heterocycles. The fourth-order valence-electron chi connectivity index (χ4n) is 6.07. The van der Waals surface area contributed by atoms with Gasteiger partial charge in [-0.2, -0.15) is 36.6 Å². The van der Waals surface area contributed by atoms with Crippen molar-refractivity contribution in [1.82, 2.24) is 0 Å². The second kappa shape index (κ2) is 9.94. The minimum Gasteiger partial charge on any atom is -0.300 e. The Morgan fingerprint density at radius 1 is 0.500 bits per heavy atom. The highest BCUT2D eigenvalue weighted by atomic mass is 19.4. The molecule has 0 heterocycles. The van der Waals surface area contributed by atoms with Crippen molar-refractivity contribution in [2.24, 2.45) is 4.99 Å². The normalized spacial score (nSPS) is 13.0. The molecule has 11 heteroatoms. The Balaban J connectivity index is 1.44. The minimum absolute atomic E-state index is 0.00445. The van der Waals surface area contributed by atoms with Crippen molar-refractivity contribution >= 4 is 43.1 Å². The Hall–Kier alpha value is -5.63. The predicted molar refractivity (Wildman–Crippen MR) is 157 cm³/mol. The van der Waals surface area contributed by atoms with Crippen LogP contribution in [0.25, 0.3) is 65.3 Å². The van der Waals surface area contributed by atoms with Gasteiger partial charge in [0.1, 0.15) is 11.6 Å². The van der Waals surface area contributed by atoms with Gasteiger partial charge in [-0.1, -0.05) is 24.3 Å². The molecular weight excluding hydrogens is 614 g/mol. The molecule has 0 aromatic heterocycles. The number of nitriles is 1. The average molecular weight is 630 g/mol. The van der Waals surface area contributed by atoms with Crippen LogP contribution in [0.4, 0.5) is 35.1 Å². The van der Waals surface area contributed by atoms with Crippen molar-refractivity contribution in [1.29, 1.82) is 10.7 Å². The molecule has 0 aliphatic carbocycles. The molecule has 0 spiro atoms. The quantitative estimate of drug-likeness (QED) is 0.150. The number of nitrogens with zero attached hydrogens (tertiary/aromatic N) is 2. The Bertz CT molecular complexity index is 2560. The number of rotatable bonds is 2. The smallest absolute Gasteiger partial charge is 0.300 e. The van der Waals surface area contributed by atoms with Gasteiger partial charge in [-0.25, -0.2) is 8.78 Å². The summed E-state index contributed by atoms with van der Waals surface area (Å²) in [5.74, 6) is -2.11. The summed E-state index contributed by atoms with van der Waals surface area (Å²) in [4.78, 5) is 3.98. The van der Waals surface area contributed by atoms with Gasteiger partial charge in [0.05, 0.1) is 21.8 Å². The van der Waals surface area contributed by atoms with Gasteiger partial charge < -0.3 is 0 Å². The molecule has 0 aliphatic heterocycles. The molecule has 46 heavy (non-hydrogen) atoms. The van der Waals surface area contributed by atoms with E-state index < -0.39 is 35.1 Å². The van der Waals surface area contributed by atoms with Gasteiger partial charge in [0, 0.05) is 21.5 Å². The lowest BCUT2D eigenvalue weighted by Crippen LogP contribution is -2.05. The van der Waals surface area contributed by atoms with Crippen LogP contribution in [0.2, 0.25) is 0 Å². The first-order valence-corrected chi connectivity index (χ1v) is 13.5. The lowest BCUT2D eigenvalue weighted by atomic mass is 9.99. The number of benzene rings is 5. The number of fused-ring (bicyclic) bond motifs is 6. The van der Waals surface area contributed by atoms with E-state index in [-0.39, 0.29) is 33.0 Å². The molecular formula is C35H15F8N3. The highest BCUT2D eigenvalue weighted by molar-refractivity contribution is 6.21. The highest BCUT2D eigenvalue weighted by Gasteiger charge is 2.32. The third-order valence-electron chi connectivity index (χ3n) is 8.10. The summed E-state index contributed by atoms with van der Waals surface area (Å²) in [6.07, 6.45) is -7.77. The van der Waals surface area contributed by atoms with Crippen molar-refractivity contribution in [2.75, 3.05) is 0 Å². The molecule has 0 atom stereocenters. The number of halogens is 8. The van der Waals surface area contributed by atoms with E-state index in [0.717, 1.165) is 24.3 Å². The van der Waals surface area contributed by atoms with E-state index in [0.29, 0.717) is 55.2 Å². The minimum atomic E-state index is -4.76. The van der Waals surface area contributed by atoms with Crippen molar-refractivity contribution in [3.8, 4) is 28.4 Å². The van der Waals surface area contributed by atoms with Gasteiger partial charge in [0.2, 0.25) is 6.19 Å². The van der Waals surface area contributed by atoms with Crippen molar-refractivity contribution in [2.45, 2.75) is 12.4 Å². The number of hydrogen-bond donors (Lipinski definition) is 1. The van der Waals surface area contributed by atoms with Crippen LogP contribution in [0.5, 0.6) is 0 Å². The zero-order valence-electron chi connectivity index (χ0n) is 23.0. The van der Waals surface area contributed by atoms with Crippen LogP contribution >= 0.6 is 0 Å². The summed E-state index contributed by atoms with van der Waals surface area (Å²) in [5, 5.41) is 22.9. The molecule has 7 aromatic carbocycles. The van der Waals surface area contributed by atoms with E-state index in [4.69, 9.17) is 5.41 Å². The monoisotopic (exact) mass is 629 g/mol. The van der Waals surface area contributed by atoms with Gasteiger partial charge >= 0.3 is 12.4 Å². The fraction of sp³-hybridized carbons (Fsp3) is 0.0571. The zero-order chi connectivity index (χ0) is 32.7. The maximum Gasteiger partial charge on any atom is 0.416 e. The second-order valence-electron chi connectivity index (χ2n) is 10.9. The third kappa shape index (κ3) is 4.65. The van der Waals surface area contributed by atoms with Gasteiger partial charge in [-0.05, 0) is 104 Å². The van der Waals surface area contributed by atoms with E-state index >= 15 is 0 Å². The number of alkyl halides is 6. The van der Waals surface area contributed by atoms with Crippen LogP contribution in [-0.4, -0.2) is 0 Å². The Labute approximate surface area is 253 Å². The molecule has 0 bridgehead atoms. The van der Waals surface area contributed by atoms with Crippen molar-refractivity contribution in [3.05, 3.63) is 118 Å². The van der Waals surface area contributed by atoms with Gasteiger partial charge in [0.25, 0.3) is 0 Å². The SMILES string of the molecule is N#CN=c1c2cc(-c3cc(F)cc(C(F)(F)F)c3)ccc2c2cc3c(cc12)c(=N)c1cc(-c2cc(F)cc(C(F)(F)F)c2)ccc13. The molecule has 226 valence electrons. The Kier molecular flexibility index (Phi) is 6.29. The van der Waals surface area contributed by atoms with Crippen LogP contribution in [-0.2, 0) is 12.4 Å². The van der Waals surface area contributed by atoms with Gasteiger partial charge in [-0.3, -0.25) is 5.41 Å². The first-order valence-electron chi connectivity index (χ1n) is 13.5. The van der Waals surface area contributed by atoms with Crippen LogP contribution in [0.3, 0.4) is 0 Å². The largest absolute Gasteiger partial charge is 0.416 e. The summed E-state index contributed by atoms with van der Waals surface area (Å²) >= 11 is 0. The molecule has 0 aliphatic rings. The van der Waals surface area contributed by atoms with Gasteiger partial charge in [-0.15, -0.1) is 0 Å². The lowest BCUT2D eigenvalue weighted by molar-refractivity contribution is -0.138. The maximum absolute atomic E-state index is 14.2. The highest BCUT2D eigenvalue weighted by Crippen LogP contribution is 2.38. The van der Waals surface area contributed by atoms with Crippen LogP contribution in [0, 0.1) is 28.5 Å². The van der Waals surface area contributed by atoms with Crippen LogP contribution in [0.1, 0.15) is 11.1 Å². The topological polar surface area (TPSA) is 60.0 Å². The molecule has 0 saturated carbocycles. The van der Waals surface area contributed by atoms with Crippen LogP contribution < -0.4 is 10.7 Å². The first-order chi connectivity index (χ1) is 21.7. The van der Waals surface area contributed by atoms with Crippen molar-refractivity contribution in [3.63, 3.8) is 0 Å². The molecule has 0 radical (unpaired) electrons. The van der Waals surface area contributed by atoms with E-state index in [1.165, 1.54) is 18.2 Å². The lowest BCUT2D eigenvalue weighted by Gasteiger charge is -2.10. The van der Waals surface area contributed by atoms with Gasteiger partial charge in [0.15, 0.2) is 0 Å². The average Bonchev–Trinajstić information content (AvgIpc) is 3.45. The molecule has 0 unspecified atom stereocenters. The van der Waals surface area contributed by atoms with Crippen LogP contribution in [0.15, 0.2) is 89.9 Å². The van der Waals surface area contributed by atoms with Crippen molar-refractivity contribution < 1.29 is 35.1 Å². The molecule has 3 nitrogen and oxygen atoms in total. The molecule has 1 N–H and O–H groups in total. The number of nitrogens with one attached hydrogen (secondary N) is 1. The fourth-order valence-corrected chi connectivity index (χ4v) is 6.07. The van der Waals surface area contributed by atoms with E-state index in [1.807, 2.05) is 0 Å². The Morgan fingerprint density at radius 3 is 1.46 bits per heavy atom. The molecule has 7 aromatic rings. The zero-order valence-corrected chi connectivity index (χ0v) is 23.0. The maximum atomic E-state index is 14.2. The van der Waals surface area contributed by atoms with E-state index in [2.05, 4.69) is 4.99 Å². The Morgan fingerprint density at radius 2 is 0.935 bits per heavy atom. The summed E-state index contributed by atoms with van der Waals surface area (Å²) in [5.41, 5.74) is -1.75. The molecule has 7 rings (SSSR count). The third-order valence-corrected chi connectivity index (χ3v) is 8.10. The molecule has 0 fully saturated rings. The summed E-state index contributed by atoms with van der Waals surface area (Å²) in [7, 11) is 0. The predicted octanol–water partition coefficient (Wildman–Crippen LogP) is 9.69. The van der Waals surface area contributed by atoms with E-state index in [1.54, 1.807) is 36.5 Å². The number of hydrogen-bond acceptors (Lipinski definition) is 3. The standard InChI is InChI=1S/C35H15F8N3/c36-22-7-18(5-20(11-22)34(38,39)40)16-1-3-24-26-13-27-25-4-2-17(19-6-21(35(41,42)43)12-23(37)8-19)10-30(25)33(46-15-44)31(27)14-29(26)32(45)28(24)9-16/h1-14,45H.